The van der Waals surface area contributed by atoms with Gasteiger partial charge in [0.05, 0.1) is 4.88 Å². The van der Waals surface area contributed by atoms with E-state index >= 15 is 0 Å². The molecular formula is C11H12BrN3S. The Kier molecular flexibility index (Phi) is 3.56. The summed E-state index contributed by atoms with van der Waals surface area (Å²) in [6.07, 6.45) is 0. The summed E-state index contributed by atoms with van der Waals surface area (Å²) in [7, 11) is 0. The minimum absolute atomic E-state index is 0.371. The van der Waals surface area contributed by atoms with Gasteiger partial charge in [-0.25, -0.2) is 0 Å². The number of thiophene rings is 1. The smallest absolute Gasteiger partial charge is 0.148 e. The summed E-state index contributed by atoms with van der Waals surface area (Å²) in [4.78, 5) is 1.12. The Labute approximate surface area is 107 Å². The van der Waals surface area contributed by atoms with Crippen LogP contribution < -0.4 is 5.32 Å². The number of halogens is 1. The first-order chi connectivity index (χ1) is 7.65. The fourth-order valence-electron chi connectivity index (χ4n) is 1.28. The van der Waals surface area contributed by atoms with Gasteiger partial charge >= 0.3 is 0 Å². The number of nitrogens with zero attached hydrogens (tertiary/aromatic N) is 2. The van der Waals surface area contributed by atoms with E-state index in [0.29, 0.717) is 6.04 Å². The number of aromatic nitrogens is 2. The lowest BCUT2D eigenvalue weighted by atomic mass is 10.3. The van der Waals surface area contributed by atoms with Crippen molar-refractivity contribution >= 4 is 33.1 Å². The summed E-state index contributed by atoms with van der Waals surface area (Å²) in [6, 6.07) is 6.35. The Bertz CT molecular complexity index is 464. The molecule has 0 saturated heterocycles. The molecule has 2 aromatic heterocycles. The van der Waals surface area contributed by atoms with E-state index in [1.807, 2.05) is 23.6 Å². The Balaban J connectivity index is 2.19. The van der Waals surface area contributed by atoms with Gasteiger partial charge in [0.1, 0.15) is 11.5 Å². The molecule has 0 saturated carbocycles. The van der Waals surface area contributed by atoms with Crippen molar-refractivity contribution in [1.29, 1.82) is 0 Å². The first-order valence-corrected chi connectivity index (χ1v) is 6.67. The number of rotatable bonds is 3. The van der Waals surface area contributed by atoms with Crippen LogP contribution in [0.25, 0.3) is 10.6 Å². The molecule has 0 aliphatic rings. The molecule has 0 atom stereocenters. The van der Waals surface area contributed by atoms with Crippen LogP contribution in [0.3, 0.4) is 0 Å². The van der Waals surface area contributed by atoms with E-state index in [-0.39, 0.29) is 0 Å². The Morgan fingerprint density at radius 3 is 2.62 bits per heavy atom. The maximum atomic E-state index is 4.19. The summed E-state index contributed by atoms with van der Waals surface area (Å²) >= 11 is 5.08. The van der Waals surface area contributed by atoms with Crippen molar-refractivity contribution in [2.24, 2.45) is 0 Å². The van der Waals surface area contributed by atoms with Crippen molar-refractivity contribution in [2.75, 3.05) is 5.32 Å². The van der Waals surface area contributed by atoms with Crippen LogP contribution in [-0.4, -0.2) is 16.2 Å². The summed E-state index contributed by atoms with van der Waals surface area (Å²) in [5.74, 6) is 0.814. The Hall–Kier alpha value is -0.940. The molecule has 84 valence electrons. The molecule has 2 heterocycles. The van der Waals surface area contributed by atoms with Crippen molar-refractivity contribution < 1.29 is 0 Å². The van der Waals surface area contributed by atoms with Gasteiger partial charge in [0.15, 0.2) is 0 Å². The largest absolute Gasteiger partial charge is 0.366 e. The van der Waals surface area contributed by atoms with E-state index in [2.05, 4.69) is 45.3 Å². The Morgan fingerprint density at radius 2 is 2.12 bits per heavy atom. The van der Waals surface area contributed by atoms with Crippen LogP contribution in [0.2, 0.25) is 0 Å². The third kappa shape index (κ3) is 2.80. The summed E-state index contributed by atoms with van der Waals surface area (Å²) in [5.41, 5.74) is 0.907. The Morgan fingerprint density at radius 1 is 1.31 bits per heavy atom. The van der Waals surface area contributed by atoms with E-state index in [1.54, 1.807) is 11.3 Å². The molecule has 0 radical (unpaired) electrons. The van der Waals surface area contributed by atoms with Crippen LogP contribution in [0.4, 0.5) is 5.82 Å². The van der Waals surface area contributed by atoms with Gasteiger partial charge in [0, 0.05) is 15.9 Å². The maximum Gasteiger partial charge on any atom is 0.148 e. The number of anilines is 1. The molecule has 0 spiro atoms. The molecule has 2 rings (SSSR count). The minimum Gasteiger partial charge on any atom is -0.366 e. The first kappa shape index (κ1) is 11.5. The van der Waals surface area contributed by atoms with Crippen LogP contribution in [0.15, 0.2) is 28.1 Å². The highest BCUT2D eigenvalue weighted by Crippen LogP contribution is 2.28. The predicted molar refractivity (Wildman–Crippen MR) is 71.8 cm³/mol. The zero-order valence-corrected chi connectivity index (χ0v) is 11.5. The maximum absolute atomic E-state index is 4.19. The highest BCUT2D eigenvalue weighted by atomic mass is 79.9. The topological polar surface area (TPSA) is 37.8 Å². The van der Waals surface area contributed by atoms with Gasteiger partial charge in [-0.05, 0) is 48.0 Å². The molecule has 0 aliphatic carbocycles. The van der Waals surface area contributed by atoms with Crippen molar-refractivity contribution in [3.05, 3.63) is 28.1 Å². The number of hydrogen-bond donors (Lipinski definition) is 1. The molecule has 2 aromatic rings. The van der Waals surface area contributed by atoms with E-state index in [4.69, 9.17) is 0 Å². The lowest BCUT2D eigenvalue weighted by Crippen LogP contribution is -2.11. The second-order valence-corrected chi connectivity index (χ2v) is 5.56. The van der Waals surface area contributed by atoms with Gasteiger partial charge in [-0.1, -0.05) is 0 Å². The molecule has 16 heavy (non-hydrogen) atoms. The third-order valence-electron chi connectivity index (χ3n) is 1.92. The van der Waals surface area contributed by atoms with Crippen LogP contribution in [-0.2, 0) is 0 Å². The SMILES string of the molecule is CC(C)Nc1ccc(-c2cc(Br)cs2)nn1. The average molecular weight is 298 g/mol. The molecule has 0 aromatic carbocycles. The minimum atomic E-state index is 0.371. The lowest BCUT2D eigenvalue weighted by Gasteiger charge is -2.07. The summed E-state index contributed by atoms with van der Waals surface area (Å²) in [6.45, 7) is 4.15. The van der Waals surface area contributed by atoms with Gasteiger partial charge in [-0.15, -0.1) is 21.5 Å². The molecule has 0 aliphatic heterocycles. The zero-order valence-electron chi connectivity index (χ0n) is 9.07. The number of hydrogen-bond acceptors (Lipinski definition) is 4. The highest BCUT2D eigenvalue weighted by Gasteiger charge is 2.04. The van der Waals surface area contributed by atoms with E-state index in [0.717, 1.165) is 20.9 Å². The quantitative estimate of drug-likeness (QED) is 0.937. The fraction of sp³-hybridized carbons (Fsp3) is 0.273. The second-order valence-electron chi connectivity index (χ2n) is 3.73. The van der Waals surface area contributed by atoms with Crippen LogP contribution in [0.5, 0.6) is 0 Å². The average Bonchev–Trinajstić information content (AvgIpc) is 2.65. The van der Waals surface area contributed by atoms with Crippen LogP contribution in [0.1, 0.15) is 13.8 Å². The summed E-state index contributed by atoms with van der Waals surface area (Å²) in [5, 5.41) is 13.6. The van der Waals surface area contributed by atoms with E-state index < -0.39 is 0 Å². The molecule has 0 bridgehead atoms. The molecule has 0 amide bonds. The van der Waals surface area contributed by atoms with Gasteiger partial charge < -0.3 is 5.32 Å². The van der Waals surface area contributed by atoms with E-state index in [9.17, 15) is 0 Å². The summed E-state index contributed by atoms with van der Waals surface area (Å²) < 4.78 is 1.08. The highest BCUT2D eigenvalue weighted by molar-refractivity contribution is 9.10. The van der Waals surface area contributed by atoms with E-state index in [1.165, 1.54) is 0 Å². The van der Waals surface area contributed by atoms with Crippen LogP contribution >= 0.6 is 27.3 Å². The molecule has 3 nitrogen and oxygen atoms in total. The fourth-order valence-corrected chi connectivity index (χ4v) is 2.68. The molecular weight excluding hydrogens is 286 g/mol. The third-order valence-corrected chi connectivity index (χ3v) is 3.63. The molecule has 0 fully saturated rings. The van der Waals surface area contributed by atoms with Gasteiger partial charge in [-0.2, -0.15) is 0 Å². The van der Waals surface area contributed by atoms with Crippen molar-refractivity contribution in [1.82, 2.24) is 10.2 Å². The van der Waals surface area contributed by atoms with Crippen molar-refractivity contribution in [3.63, 3.8) is 0 Å². The normalized spacial score (nSPS) is 10.8. The molecule has 1 N–H and O–H groups in total. The van der Waals surface area contributed by atoms with Gasteiger partial charge in [-0.3, -0.25) is 0 Å². The molecule has 5 heteroatoms. The lowest BCUT2D eigenvalue weighted by molar-refractivity contribution is 0.875. The zero-order chi connectivity index (χ0) is 11.5. The monoisotopic (exact) mass is 297 g/mol. The van der Waals surface area contributed by atoms with Gasteiger partial charge in [0.25, 0.3) is 0 Å². The molecule has 0 unspecified atom stereocenters. The first-order valence-electron chi connectivity index (χ1n) is 5.00. The second kappa shape index (κ2) is 4.93. The number of nitrogens with one attached hydrogen (secondary N) is 1. The van der Waals surface area contributed by atoms with Crippen molar-refractivity contribution in [2.45, 2.75) is 19.9 Å². The van der Waals surface area contributed by atoms with Gasteiger partial charge in [0.2, 0.25) is 0 Å². The van der Waals surface area contributed by atoms with Crippen LogP contribution in [0, 0.1) is 0 Å². The standard InChI is InChI=1S/C11H12BrN3S/c1-7(2)13-11-4-3-9(14-15-11)10-5-8(12)6-16-10/h3-7H,1-2H3,(H,13,15). The predicted octanol–water partition coefficient (Wildman–Crippen LogP) is 3.79. The van der Waals surface area contributed by atoms with Crippen molar-refractivity contribution in [3.8, 4) is 10.6 Å².